The number of benzene rings is 2. The topological polar surface area (TPSA) is 75.8 Å². The third kappa shape index (κ3) is 2.98. The Morgan fingerprint density at radius 1 is 1.33 bits per heavy atom. The highest BCUT2D eigenvalue weighted by Crippen LogP contribution is 2.35. The first-order chi connectivity index (χ1) is 11.5. The van der Waals surface area contributed by atoms with Gasteiger partial charge in [-0.1, -0.05) is 30.3 Å². The zero-order valence-electron chi connectivity index (χ0n) is 13.7. The van der Waals surface area contributed by atoms with Crippen LogP contribution in [0.5, 0.6) is 5.75 Å². The van der Waals surface area contributed by atoms with Crippen molar-refractivity contribution < 1.29 is 14.8 Å². The minimum Gasteiger partial charge on any atom is -0.490 e. The molecule has 2 aromatic carbocycles. The molecule has 1 aliphatic carbocycles. The molecule has 0 bridgehead atoms. The average Bonchev–Trinajstić information content (AvgIpc) is 2.92. The molecular formula is C18H20N2O4. The molecule has 0 spiro atoms. The number of hydrogen-bond donors (Lipinski definition) is 1. The van der Waals surface area contributed by atoms with Gasteiger partial charge in [-0.25, -0.2) is 0 Å². The number of hydrogen-bond acceptors (Lipinski definition) is 5. The summed E-state index contributed by atoms with van der Waals surface area (Å²) in [5.74, 6) is 0.250. The van der Waals surface area contributed by atoms with Crippen molar-refractivity contribution in [1.29, 1.82) is 0 Å². The second kappa shape index (κ2) is 6.59. The molecule has 24 heavy (non-hydrogen) atoms. The van der Waals surface area contributed by atoms with Crippen LogP contribution < -0.4 is 4.74 Å². The Morgan fingerprint density at radius 2 is 2.08 bits per heavy atom. The zero-order valence-corrected chi connectivity index (χ0v) is 13.7. The number of aliphatic hydroxyl groups is 1. The van der Waals surface area contributed by atoms with Crippen LogP contribution in [-0.2, 0) is 13.0 Å². The number of rotatable bonds is 5. The molecule has 2 aromatic rings. The fraction of sp³-hybridized carbons (Fsp3) is 0.333. The maximum atomic E-state index is 11.1. The highest BCUT2D eigenvalue weighted by Gasteiger charge is 2.33. The Morgan fingerprint density at radius 3 is 2.75 bits per heavy atom. The monoisotopic (exact) mass is 328 g/mol. The molecule has 0 fully saturated rings. The Bertz CT molecular complexity index is 762. The molecule has 0 aliphatic heterocycles. The first kappa shape index (κ1) is 16.4. The summed E-state index contributed by atoms with van der Waals surface area (Å²) in [4.78, 5) is 12.7. The minimum absolute atomic E-state index is 0.0384. The summed E-state index contributed by atoms with van der Waals surface area (Å²) in [6, 6.07) is 12.8. The second-order valence-electron chi connectivity index (χ2n) is 6.09. The number of aliphatic hydroxyl groups excluding tert-OH is 1. The predicted octanol–water partition coefficient (Wildman–Crippen LogP) is 2.69. The molecule has 6 nitrogen and oxygen atoms in total. The molecule has 0 unspecified atom stereocenters. The van der Waals surface area contributed by atoms with Crippen molar-refractivity contribution in [3.63, 3.8) is 0 Å². The molecule has 2 atom stereocenters. The molecule has 0 amide bonds. The molecular weight excluding hydrogens is 308 g/mol. The van der Waals surface area contributed by atoms with E-state index in [-0.39, 0.29) is 17.5 Å². The van der Waals surface area contributed by atoms with Crippen molar-refractivity contribution in [3.8, 4) is 5.75 Å². The van der Waals surface area contributed by atoms with E-state index in [1.807, 2.05) is 42.3 Å². The molecule has 126 valence electrons. The predicted molar refractivity (Wildman–Crippen MR) is 90.0 cm³/mol. The average molecular weight is 328 g/mol. The molecule has 0 heterocycles. The lowest BCUT2D eigenvalue weighted by molar-refractivity contribution is -0.385. The van der Waals surface area contributed by atoms with Gasteiger partial charge in [0.05, 0.1) is 18.1 Å². The molecule has 0 radical (unpaired) electrons. The van der Waals surface area contributed by atoms with Gasteiger partial charge in [-0.15, -0.1) is 0 Å². The summed E-state index contributed by atoms with van der Waals surface area (Å²) >= 11 is 0. The van der Waals surface area contributed by atoms with Crippen LogP contribution >= 0.6 is 0 Å². The van der Waals surface area contributed by atoms with Gasteiger partial charge in [0.1, 0.15) is 0 Å². The fourth-order valence-electron chi connectivity index (χ4n) is 3.33. The zero-order chi connectivity index (χ0) is 17.3. The van der Waals surface area contributed by atoms with Crippen LogP contribution in [0.25, 0.3) is 0 Å². The lowest BCUT2D eigenvalue weighted by Crippen LogP contribution is -2.34. The second-order valence-corrected chi connectivity index (χ2v) is 6.09. The van der Waals surface area contributed by atoms with Gasteiger partial charge in [0.2, 0.25) is 0 Å². The number of ether oxygens (including phenoxy) is 1. The van der Waals surface area contributed by atoms with E-state index in [1.54, 1.807) is 6.07 Å². The number of likely N-dealkylation sites (N-methyl/N-ethyl adjacent to an activating group) is 1. The van der Waals surface area contributed by atoms with Crippen molar-refractivity contribution in [2.75, 3.05) is 14.2 Å². The van der Waals surface area contributed by atoms with Gasteiger partial charge in [-0.05, 0) is 36.2 Å². The lowest BCUT2D eigenvalue weighted by Gasteiger charge is -2.27. The summed E-state index contributed by atoms with van der Waals surface area (Å²) < 4.78 is 5.03. The molecule has 0 saturated carbocycles. The van der Waals surface area contributed by atoms with Crippen molar-refractivity contribution in [3.05, 3.63) is 69.3 Å². The SMILES string of the molecule is COc1ccc(CN(C)[C@@H]2Cc3ccccc3[C@@H]2O)cc1[N+](=O)[O-]. The summed E-state index contributed by atoms with van der Waals surface area (Å²) in [6.45, 7) is 0.514. The first-order valence-electron chi connectivity index (χ1n) is 7.78. The van der Waals surface area contributed by atoms with Crippen molar-refractivity contribution in [1.82, 2.24) is 4.90 Å². The van der Waals surface area contributed by atoms with Crippen molar-refractivity contribution in [2.45, 2.75) is 25.1 Å². The van der Waals surface area contributed by atoms with E-state index >= 15 is 0 Å². The maximum absolute atomic E-state index is 11.1. The fourth-order valence-corrected chi connectivity index (χ4v) is 3.33. The molecule has 0 saturated heterocycles. The minimum atomic E-state index is -0.542. The quantitative estimate of drug-likeness (QED) is 0.674. The third-order valence-electron chi connectivity index (χ3n) is 4.61. The van der Waals surface area contributed by atoms with E-state index in [0.29, 0.717) is 6.54 Å². The normalized spacial score (nSPS) is 19.3. The Kier molecular flexibility index (Phi) is 4.51. The maximum Gasteiger partial charge on any atom is 0.311 e. The first-order valence-corrected chi connectivity index (χ1v) is 7.78. The third-order valence-corrected chi connectivity index (χ3v) is 4.61. The smallest absolute Gasteiger partial charge is 0.311 e. The highest BCUT2D eigenvalue weighted by atomic mass is 16.6. The van der Waals surface area contributed by atoms with Crippen LogP contribution in [0.2, 0.25) is 0 Å². The van der Waals surface area contributed by atoms with Crippen LogP contribution in [0.1, 0.15) is 22.8 Å². The molecule has 1 aliphatic rings. The van der Waals surface area contributed by atoms with E-state index in [2.05, 4.69) is 0 Å². The number of nitro benzene ring substituents is 1. The van der Waals surface area contributed by atoms with E-state index in [1.165, 1.54) is 13.2 Å². The summed E-state index contributed by atoms with van der Waals surface area (Å²) in [5, 5.41) is 21.7. The van der Waals surface area contributed by atoms with Gasteiger partial charge in [0.25, 0.3) is 0 Å². The molecule has 0 aromatic heterocycles. The Hall–Kier alpha value is -2.44. The van der Waals surface area contributed by atoms with Gasteiger partial charge < -0.3 is 9.84 Å². The van der Waals surface area contributed by atoms with E-state index < -0.39 is 11.0 Å². The van der Waals surface area contributed by atoms with E-state index in [4.69, 9.17) is 4.74 Å². The van der Waals surface area contributed by atoms with Gasteiger partial charge in [0, 0.05) is 18.7 Å². The van der Waals surface area contributed by atoms with Crippen LogP contribution in [-0.4, -0.2) is 35.1 Å². The van der Waals surface area contributed by atoms with Crippen LogP contribution in [0.4, 0.5) is 5.69 Å². The number of nitro groups is 1. The number of methoxy groups -OCH3 is 1. The molecule has 6 heteroatoms. The van der Waals surface area contributed by atoms with Gasteiger partial charge in [0.15, 0.2) is 5.75 Å². The molecule has 3 rings (SSSR count). The summed E-state index contributed by atoms with van der Waals surface area (Å²) in [6.07, 6.45) is 0.228. The van der Waals surface area contributed by atoms with Crippen LogP contribution in [0, 0.1) is 10.1 Å². The van der Waals surface area contributed by atoms with E-state index in [0.717, 1.165) is 23.1 Å². The summed E-state index contributed by atoms with van der Waals surface area (Å²) in [5.41, 5.74) is 2.89. The van der Waals surface area contributed by atoms with Crippen molar-refractivity contribution >= 4 is 5.69 Å². The summed E-state index contributed by atoms with van der Waals surface area (Å²) in [7, 11) is 3.34. The van der Waals surface area contributed by atoms with Gasteiger partial charge in [-0.2, -0.15) is 0 Å². The van der Waals surface area contributed by atoms with Crippen molar-refractivity contribution in [2.24, 2.45) is 0 Å². The van der Waals surface area contributed by atoms with Gasteiger partial charge in [-0.3, -0.25) is 15.0 Å². The van der Waals surface area contributed by atoms with Crippen LogP contribution in [0.15, 0.2) is 42.5 Å². The number of nitrogens with zero attached hydrogens (tertiary/aromatic N) is 2. The van der Waals surface area contributed by atoms with Crippen LogP contribution in [0.3, 0.4) is 0 Å². The standard InChI is InChI=1S/C18H20N2O4/c1-19(16-10-13-5-3-4-6-14(13)18(16)21)11-12-7-8-17(24-2)15(9-12)20(22)23/h3-9,16,18,21H,10-11H2,1-2H3/t16-,18+/m1/s1. The Balaban J connectivity index is 1.77. The largest absolute Gasteiger partial charge is 0.490 e. The van der Waals surface area contributed by atoms with Gasteiger partial charge >= 0.3 is 5.69 Å². The molecule has 1 N–H and O–H groups in total. The Labute approximate surface area is 140 Å². The van der Waals surface area contributed by atoms with E-state index in [9.17, 15) is 15.2 Å². The highest BCUT2D eigenvalue weighted by molar-refractivity contribution is 5.48. The lowest BCUT2D eigenvalue weighted by atomic mass is 10.1. The number of fused-ring (bicyclic) bond motifs is 1.